The van der Waals surface area contributed by atoms with Gasteiger partial charge >= 0.3 is 29.4 Å². The Bertz CT molecular complexity index is 804. The number of carbonyl (C=O) groups is 1. The van der Waals surface area contributed by atoms with Crippen LogP contribution in [-0.4, -0.2) is 40.2 Å². The van der Waals surface area contributed by atoms with Gasteiger partial charge in [0.1, 0.15) is 0 Å². The van der Waals surface area contributed by atoms with Gasteiger partial charge in [-0.3, -0.25) is 14.9 Å². The Hall–Kier alpha value is -2.25. The Morgan fingerprint density at radius 1 is 0.926 bits per heavy atom. The number of nitrogens with zero attached hydrogens (tertiary/aromatic N) is 1. The standard InChI is InChI=1S/C12H4ClF9N2O3/c13-5-3-4(24(26)27)1-2-6(5)23-7(25)8(14)9(15,16)11(19,20)12(21,22)10(8,17)18/h1-3H,(H,23,25). The van der Waals surface area contributed by atoms with Crippen LogP contribution in [0.5, 0.6) is 0 Å². The molecular weight excluding hydrogens is 427 g/mol. The molecule has 0 bridgehead atoms. The number of amides is 1. The van der Waals surface area contributed by atoms with Gasteiger partial charge in [0.2, 0.25) is 0 Å². The molecule has 1 fully saturated rings. The number of benzene rings is 1. The number of nitrogens with one attached hydrogen (secondary N) is 1. The van der Waals surface area contributed by atoms with Crippen LogP contribution in [-0.2, 0) is 4.79 Å². The number of carbonyl (C=O) groups excluding carboxylic acids is 1. The molecule has 0 radical (unpaired) electrons. The van der Waals surface area contributed by atoms with E-state index in [4.69, 9.17) is 11.6 Å². The minimum absolute atomic E-state index is 0.462. The van der Waals surface area contributed by atoms with Crippen LogP contribution in [0.4, 0.5) is 50.9 Å². The van der Waals surface area contributed by atoms with E-state index < -0.39 is 56.6 Å². The van der Waals surface area contributed by atoms with Crippen LogP contribution >= 0.6 is 11.6 Å². The van der Waals surface area contributed by atoms with E-state index in [0.29, 0.717) is 18.2 Å². The van der Waals surface area contributed by atoms with Crippen LogP contribution in [0.25, 0.3) is 0 Å². The fourth-order valence-corrected chi connectivity index (χ4v) is 2.46. The number of alkyl halides is 9. The summed E-state index contributed by atoms with van der Waals surface area (Å²) in [6.45, 7) is 0. The molecule has 1 aliphatic rings. The molecule has 1 amide bonds. The number of hydrogen-bond acceptors (Lipinski definition) is 3. The van der Waals surface area contributed by atoms with Gasteiger partial charge in [-0.15, -0.1) is 0 Å². The fourth-order valence-electron chi connectivity index (χ4n) is 2.24. The average Bonchev–Trinajstić information content (AvgIpc) is 2.58. The monoisotopic (exact) mass is 430 g/mol. The van der Waals surface area contributed by atoms with Crippen LogP contribution in [0.3, 0.4) is 0 Å². The van der Waals surface area contributed by atoms with Crippen molar-refractivity contribution in [2.45, 2.75) is 29.4 Å². The van der Waals surface area contributed by atoms with E-state index in [0.717, 1.165) is 5.32 Å². The Labute approximate surface area is 147 Å². The molecular formula is C12H4ClF9N2O3. The summed E-state index contributed by atoms with van der Waals surface area (Å²) in [7, 11) is 0. The Morgan fingerprint density at radius 3 is 1.74 bits per heavy atom. The summed E-state index contributed by atoms with van der Waals surface area (Å²) < 4.78 is 121. The van der Waals surface area contributed by atoms with E-state index in [9.17, 15) is 54.4 Å². The van der Waals surface area contributed by atoms with Crippen molar-refractivity contribution in [3.63, 3.8) is 0 Å². The van der Waals surface area contributed by atoms with Crippen LogP contribution < -0.4 is 5.32 Å². The second kappa shape index (κ2) is 5.62. The van der Waals surface area contributed by atoms with Gasteiger partial charge in [-0.25, -0.2) is 4.39 Å². The number of hydrogen-bond donors (Lipinski definition) is 1. The minimum atomic E-state index is -6.91. The summed E-state index contributed by atoms with van der Waals surface area (Å²) in [5, 5.41) is 10.6. The highest BCUT2D eigenvalue weighted by Gasteiger charge is 3.02. The molecule has 27 heavy (non-hydrogen) atoms. The van der Waals surface area contributed by atoms with Gasteiger partial charge in [0.15, 0.2) is 0 Å². The molecule has 5 nitrogen and oxygen atoms in total. The van der Waals surface area contributed by atoms with Crippen molar-refractivity contribution in [2.75, 3.05) is 5.32 Å². The largest absolute Gasteiger partial charge is 0.382 e. The Kier molecular flexibility index (Phi) is 4.39. The third-order valence-electron chi connectivity index (χ3n) is 3.77. The molecule has 1 aromatic rings. The highest BCUT2D eigenvalue weighted by atomic mass is 35.5. The predicted octanol–water partition coefficient (Wildman–Crippen LogP) is 4.45. The highest BCUT2D eigenvalue weighted by Crippen LogP contribution is 2.69. The summed E-state index contributed by atoms with van der Waals surface area (Å²) in [5.74, 6) is -30.7. The molecule has 0 heterocycles. The highest BCUT2D eigenvalue weighted by molar-refractivity contribution is 6.34. The van der Waals surface area contributed by atoms with Gasteiger partial charge in [-0.1, -0.05) is 11.6 Å². The van der Waals surface area contributed by atoms with Gasteiger partial charge in [-0.2, -0.15) is 35.1 Å². The summed E-state index contributed by atoms with van der Waals surface area (Å²) in [6, 6.07) is 1.49. The van der Waals surface area contributed by atoms with Gasteiger partial charge in [0, 0.05) is 12.1 Å². The topological polar surface area (TPSA) is 72.2 Å². The van der Waals surface area contributed by atoms with Gasteiger partial charge in [-0.05, 0) is 6.07 Å². The lowest BCUT2D eigenvalue weighted by Crippen LogP contribution is -2.62. The van der Waals surface area contributed by atoms with Gasteiger partial charge in [0.25, 0.3) is 11.6 Å². The van der Waals surface area contributed by atoms with E-state index in [1.807, 2.05) is 0 Å². The number of nitro groups is 1. The molecule has 0 aromatic heterocycles. The number of anilines is 1. The van der Waals surface area contributed by atoms with Crippen LogP contribution in [0, 0.1) is 10.1 Å². The molecule has 0 spiro atoms. The predicted molar refractivity (Wildman–Crippen MR) is 70.4 cm³/mol. The third kappa shape index (κ3) is 2.31. The van der Waals surface area contributed by atoms with Gasteiger partial charge < -0.3 is 5.32 Å². The fraction of sp³-hybridized carbons (Fsp3) is 0.417. The summed E-state index contributed by atoms with van der Waals surface area (Å²) in [5.41, 5.74) is -8.10. The lowest BCUT2D eigenvalue weighted by Gasteiger charge is -2.29. The summed E-state index contributed by atoms with van der Waals surface area (Å²) in [4.78, 5) is 21.1. The molecule has 1 aromatic carbocycles. The molecule has 15 heteroatoms. The SMILES string of the molecule is O=C(Nc1ccc([N+](=O)[O-])cc1Cl)C1(F)C(F)(F)C(F)(F)C(F)(F)C1(F)F. The smallest absolute Gasteiger partial charge is 0.322 e. The van der Waals surface area contributed by atoms with E-state index in [1.165, 1.54) is 0 Å². The van der Waals surface area contributed by atoms with Crippen molar-refractivity contribution in [3.05, 3.63) is 33.3 Å². The van der Waals surface area contributed by atoms with Crippen molar-refractivity contribution < 1.29 is 49.2 Å². The van der Waals surface area contributed by atoms with Crippen LogP contribution in [0.15, 0.2) is 18.2 Å². The molecule has 150 valence electrons. The number of nitro benzene ring substituents is 1. The second-order valence-electron chi connectivity index (χ2n) is 5.33. The number of rotatable bonds is 3. The molecule has 0 aliphatic heterocycles. The maximum Gasteiger partial charge on any atom is 0.382 e. The zero-order valence-electron chi connectivity index (χ0n) is 12.2. The normalized spacial score (nSPS) is 23.6. The molecule has 1 N–H and O–H groups in total. The maximum atomic E-state index is 14.3. The lowest BCUT2D eigenvalue weighted by atomic mass is 9.95. The first-order valence-electron chi connectivity index (χ1n) is 6.42. The average molecular weight is 431 g/mol. The summed E-state index contributed by atoms with van der Waals surface area (Å²) in [6.07, 6.45) is 0. The van der Waals surface area contributed by atoms with E-state index >= 15 is 0 Å². The van der Waals surface area contributed by atoms with Crippen LogP contribution in [0.1, 0.15) is 0 Å². The Morgan fingerprint density at radius 2 is 1.37 bits per heavy atom. The molecule has 2 rings (SSSR count). The first-order chi connectivity index (χ1) is 12.0. The molecule has 0 atom stereocenters. The molecule has 0 saturated heterocycles. The van der Waals surface area contributed by atoms with E-state index in [-0.39, 0.29) is 0 Å². The lowest BCUT2D eigenvalue weighted by molar-refractivity contribution is -0.384. The van der Waals surface area contributed by atoms with E-state index in [1.54, 1.807) is 0 Å². The van der Waals surface area contributed by atoms with Crippen molar-refractivity contribution >= 4 is 28.9 Å². The van der Waals surface area contributed by atoms with Crippen molar-refractivity contribution in [1.29, 1.82) is 0 Å². The summed E-state index contributed by atoms with van der Waals surface area (Å²) >= 11 is 5.41. The van der Waals surface area contributed by atoms with Crippen molar-refractivity contribution in [1.82, 2.24) is 0 Å². The minimum Gasteiger partial charge on any atom is -0.322 e. The number of halogens is 10. The van der Waals surface area contributed by atoms with Crippen molar-refractivity contribution in [2.24, 2.45) is 0 Å². The van der Waals surface area contributed by atoms with Crippen LogP contribution in [0.2, 0.25) is 5.02 Å². The van der Waals surface area contributed by atoms with Crippen molar-refractivity contribution in [3.8, 4) is 0 Å². The molecule has 1 aliphatic carbocycles. The van der Waals surface area contributed by atoms with Gasteiger partial charge in [0.05, 0.1) is 15.6 Å². The third-order valence-corrected chi connectivity index (χ3v) is 4.09. The zero-order valence-corrected chi connectivity index (χ0v) is 12.9. The quantitative estimate of drug-likeness (QED) is 0.437. The number of non-ortho nitro benzene ring substituents is 1. The maximum absolute atomic E-state index is 14.3. The molecule has 1 saturated carbocycles. The second-order valence-corrected chi connectivity index (χ2v) is 5.74. The first-order valence-corrected chi connectivity index (χ1v) is 6.80. The van der Waals surface area contributed by atoms with E-state index in [2.05, 4.69) is 0 Å². The molecule has 0 unspecified atom stereocenters. The zero-order chi connectivity index (χ0) is 21.2. The Balaban J connectivity index is 2.53. The first kappa shape index (κ1) is 21.1.